The SMILES string of the molecule is Cc1ccc(S(=O)(=O)NC(=O)C2CCN(c3c(C#N)cnc(C)c3C(=O)OC(C)C)CC2)s1. The number of ether oxygens (including phenoxy) is 1. The average Bonchev–Trinajstić information content (AvgIpc) is 3.20. The number of aryl methyl sites for hydroxylation is 2. The fraction of sp³-hybridized carbons (Fsp3) is 0.455. The van der Waals surface area contributed by atoms with Crippen molar-refractivity contribution >= 4 is 38.9 Å². The van der Waals surface area contributed by atoms with Crippen molar-refractivity contribution in [1.29, 1.82) is 5.26 Å². The lowest BCUT2D eigenvalue weighted by Crippen LogP contribution is -2.43. The summed E-state index contributed by atoms with van der Waals surface area (Å²) >= 11 is 1.10. The van der Waals surface area contributed by atoms with Crippen LogP contribution in [0.5, 0.6) is 0 Å². The normalized spacial score (nSPS) is 14.7. The Kier molecular flexibility index (Phi) is 7.39. The molecule has 0 unspecified atom stereocenters. The minimum Gasteiger partial charge on any atom is -0.459 e. The van der Waals surface area contributed by atoms with Gasteiger partial charge in [0.05, 0.1) is 23.0 Å². The monoisotopic (exact) mass is 490 g/mol. The number of hydrogen-bond donors (Lipinski definition) is 1. The molecule has 0 saturated carbocycles. The number of nitriles is 1. The van der Waals surface area contributed by atoms with E-state index >= 15 is 0 Å². The zero-order chi connectivity index (χ0) is 24.3. The maximum Gasteiger partial charge on any atom is 0.342 e. The van der Waals surface area contributed by atoms with Gasteiger partial charge in [0.25, 0.3) is 10.0 Å². The molecule has 1 N–H and O–H groups in total. The zero-order valence-electron chi connectivity index (χ0n) is 18.9. The molecule has 0 aromatic carbocycles. The van der Waals surface area contributed by atoms with Crippen molar-refractivity contribution in [2.24, 2.45) is 5.92 Å². The summed E-state index contributed by atoms with van der Waals surface area (Å²) in [7, 11) is -3.91. The topological polar surface area (TPSA) is 129 Å². The Hall–Kier alpha value is -2.97. The van der Waals surface area contributed by atoms with Gasteiger partial charge in [-0.15, -0.1) is 11.3 Å². The van der Waals surface area contributed by atoms with E-state index < -0.39 is 27.8 Å². The lowest BCUT2D eigenvalue weighted by atomic mass is 9.94. The summed E-state index contributed by atoms with van der Waals surface area (Å²) in [5.41, 5.74) is 1.37. The van der Waals surface area contributed by atoms with E-state index in [9.17, 15) is 23.3 Å². The molecule has 0 atom stereocenters. The van der Waals surface area contributed by atoms with Gasteiger partial charge in [-0.3, -0.25) is 9.78 Å². The Morgan fingerprint density at radius 3 is 2.48 bits per heavy atom. The second kappa shape index (κ2) is 9.89. The fourth-order valence-electron chi connectivity index (χ4n) is 3.71. The molecule has 0 aliphatic carbocycles. The average molecular weight is 491 g/mol. The van der Waals surface area contributed by atoms with Crippen LogP contribution >= 0.6 is 11.3 Å². The van der Waals surface area contributed by atoms with Crippen molar-refractivity contribution in [3.63, 3.8) is 0 Å². The number of rotatable bonds is 6. The third-order valence-corrected chi connectivity index (χ3v) is 8.15. The minimum absolute atomic E-state index is 0.102. The molecule has 1 amide bonds. The predicted molar refractivity (Wildman–Crippen MR) is 124 cm³/mol. The molecule has 0 spiro atoms. The van der Waals surface area contributed by atoms with Crippen LogP contribution in [0.15, 0.2) is 22.5 Å². The summed E-state index contributed by atoms with van der Waals surface area (Å²) in [6.07, 6.45) is 1.83. The summed E-state index contributed by atoms with van der Waals surface area (Å²) < 4.78 is 32.6. The van der Waals surface area contributed by atoms with E-state index in [0.717, 1.165) is 16.2 Å². The largest absolute Gasteiger partial charge is 0.459 e. The molecule has 2 aromatic rings. The number of sulfonamides is 1. The van der Waals surface area contributed by atoms with Gasteiger partial charge >= 0.3 is 5.97 Å². The summed E-state index contributed by atoms with van der Waals surface area (Å²) in [5.74, 6) is -1.61. The van der Waals surface area contributed by atoms with Crippen LogP contribution in [0.25, 0.3) is 0 Å². The van der Waals surface area contributed by atoms with E-state index in [2.05, 4.69) is 15.8 Å². The number of nitrogens with zero attached hydrogens (tertiary/aromatic N) is 3. The van der Waals surface area contributed by atoms with E-state index in [1.165, 1.54) is 12.3 Å². The van der Waals surface area contributed by atoms with Crippen molar-refractivity contribution in [2.75, 3.05) is 18.0 Å². The third-order valence-electron chi connectivity index (χ3n) is 5.31. The first kappa shape index (κ1) is 24.7. The smallest absolute Gasteiger partial charge is 0.342 e. The molecule has 1 saturated heterocycles. The molecular formula is C22H26N4O5S2. The highest BCUT2D eigenvalue weighted by Gasteiger charge is 2.32. The first-order valence-corrected chi connectivity index (χ1v) is 12.8. The van der Waals surface area contributed by atoms with Crippen molar-refractivity contribution in [2.45, 2.75) is 50.8 Å². The van der Waals surface area contributed by atoms with Crippen LogP contribution in [0.2, 0.25) is 0 Å². The number of carbonyl (C=O) groups excluding carboxylic acids is 2. The first-order valence-electron chi connectivity index (χ1n) is 10.5. The van der Waals surface area contributed by atoms with Gasteiger partial charge in [0.15, 0.2) is 0 Å². The van der Waals surface area contributed by atoms with Crippen molar-refractivity contribution < 1.29 is 22.7 Å². The van der Waals surface area contributed by atoms with Crippen LogP contribution in [0.1, 0.15) is 53.2 Å². The number of piperidine rings is 1. The first-order chi connectivity index (χ1) is 15.5. The summed E-state index contributed by atoms with van der Waals surface area (Å²) in [4.78, 5) is 32.3. The van der Waals surface area contributed by atoms with Gasteiger partial charge in [-0.1, -0.05) is 0 Å². The number of aromatic nitrogens is 1. The molecule has 3 heterocycles. The Morgan fingerprint density at radius 2 is 1.94 bits per heavy atom. The third kappa shape index (κ3) is 5.51. The molecule has 1 aliphatic heterocycles. The molecule has 1 aliphatic rings. The number of thiophene rings is 1. The Morgan fingerprint density at radius 1 is 1.27 bits per heavy atom. The molecule has 9 nitrogen and oxygen atoms in total. The van der Waals surface area contributed by atoms with E-state index in [-0.39, 0.29) is 21.4 Å². The predicted octanol–water partition coefficient (Wildman–Crippen LogP) is 2.92. The highest BCUT2D eigenvalue weighted by molar-refractivity contribution is 7.92. The van der Waals surface area contributed by atoms with Gasteiger partial charge < -0.3 is 9.64 Å². The van der Waals surface area contributed by atoms with Gasteiger partial charge in [-0.25, -0.2) is 17.9 Å². The van der Waals surface area contributed by atoms with E-state index in [1.54, 1.807) is 33.8 Å². The number of anilines is 1. The number of amides is 1. The molecule has 0 radical (unpaired) electrons. The Labute approximate surface area is 197 Å². The number of pyridine rings is 1. The van der Waals surface area contributed by atoms with E-state index in [4.69, 9.17) is 4.74 Å². The van der Waals surface area contributed by atoms with E-state index in [0.29, 0.717) is 37.3 Å². The lowest BCUT2D eigenvalue weighted by molar-refractivity contribution is -0.123. The Bertz CT molecular complexity index is 1210. The number of hydrogen-bond acceptors (Lipinski definition) is 9. The van der Waals surface area contributed by atoms with Gasteiger partial charge in [0.2, 0.25) is 5.91 Å². The molecule has 33 heavy (non-hydrogen) atoms. The van der Waals surface area contributed by atoms with Crippen LogP contribution in [0, 0.1) is 31.1 Å². The quantitative estimate of drug-likeness (QED) is 0.612. The maximum absolute atomic E-state index is 12.7. The molecule has 1 fully saturated rings. The number of esters is 1. The minimum atomic E-state index is -3.91. The summed E-state index contributed by atoms with van der Waals surface area (Å²) in [6, 6.07) is 5.25. The molecular weight excluding hydrogens is 464 g/mol. The number of carbonyl (C=O) groups is 2. The fourth-order valence-corrected chi connectivity index (χ4v) is 6.04. The molecule has 176 valence electrons. The number of nitrogens with one attached hydrogen (secondary N) is 1. The standard InChI is InChI=1S/C22H26N4O5S2/c1-13(2)31-22(28)19-15(4)24-12-17(11-23)20(19)26-9-7-16(8-10-26)21(27)25-33(29,30)18-6-5-14(3)32-18/h5-6,12-13,16H,7-10H2,1-4H3,(H,25,27). The summed E-state index contributed by atoms with van der Waals surface area (Å²) in [5, 5.41) is 9.61. The molecule has 2 aromatic heterocycles. The van der Waals surface area contributed by atoms with Crippen LogP contribution in [0.4, 0.5) is 5.69 Å². The van der Waals surface area contributed by atoms with Gasteiger partial charge in [0.1, 0.15) is 15.8 Å². The van der Waals surface area contributed by atoms with Crippen LogP contribution in [0.3, 0.4) is 0 Å². The van der Waals surface area contributed by atoms with E-state index in [1.807, 2.05) is 4.90 Å². The highest BCUT2D eigenvalue weighted by Crippen LogP contribution is 2.32. The highest BCUT2D eigenvalue weighted by atomic mass is 32.2. The van der Waals surface area contributed by atoms with Gasteiger partial charge in [0, 0.05) is 30.1 Å². The molecule has 3 rings (SSSR count). The zero-order valence-corrected chi connectivity index (χ0v) is 20.5. The molecule has 0 bridgehead atoms. The van der Waals surface area contributed by atoms with Gasteiger partial charge in [-0.05, 0) is 52.7 Å². The van der Waals surface area contributed by atoms with Crippen molar-refractivity contribution in [1.82, 2.24) is 9.71 Å². The maximum atomic E-state index is 12.7. The lowest BCUT2D eigenvalue weighted by Gasteiger charge is -2.34. The molecule has 11 heteroatoms. The van der Waals surface area contributed by atoms with Crippen LogP contribution in [-0.4, -0.2) is 44.5 Å². The van der Waals surface area contributed by atoms with Gasteiger partial charge in [-0.2, -0.15) is 5.26 Å². The van der Waals surface area contributed by atoms with Crippen molar-refractivity contribution in [3.05, 3.63) is 40.0 Å². The second-order valence-electron chi connectivity index (χ2n) is 8.14. The second-order valence-corrected chi connectivity index (χ2v) is 11.3. The Balaban J connectivity index is 1.77. The van der Waals surface area contributed by atoms with Crippen LogP contribution in [-0.2, 0) is 19.6 Å². The van der Waals surface area contributed by atoms with Crippen molar-refractivity contribution in [3.8, 4) is 6.07 Å². The summed E-state index contributed by atoms with van der Waals surface area (Å²) in [6.45, 7) is 7.70. The van der Waals surface area contributed by atoms with Crippen LogP contribution < -0.4 is 9.62 Å².